The molecule has 0 aliphatic heterocycles. The Kier molecular flexibility index (Phi) is 4.33. The molecule has 2 aromatic heterocycles. The zero-order chi connectivity index (χ0) is 15.0. The summed E-state index contributed by atoms with van der Waals surface area (Å²) in [6.45, 7) is 2.11. The molecule has 6 heteroatoms. The van der Waals surface area contributed by atoms with Crippen LogP contribution in [0.4, 0.5) is 4.39 Å². The number of benzene rings is 1. The van der Waals surface area contributed by atoms with Crippen LogP contribution in [0.1, 0.15) is 23.7 Å². The van der Waals surface area contributed by atoms with Crippen LogP contribution in [0.3, 0.4) is 0 Å². The number of alkyl halides is 1. The molecule has 2 nitrogen and oxygen atoms in total. The highest BCUT2D eigenvalue weighted by molar-refractivity contribution is 9.10. The number of nitrogens with zero attached hydrogens (tertiary/aromatic N) is 2. The van der Waals surface area contributed by atoms with E-state index in [0.717, 1.165) is 23.3 Å². The molecule has 1 aromatic carbocycles. The van der Waals surface area contributed by atoms with Crippen molar-refractivity contribution in [2.45, 2.75) is 25.3 Å². The number of fused-ring (bicyclic) bond motifs is 1. The standard InChI is InChI=1S/C15H13BrClFN2S/c1-9(5-10-3-2-4-21-10)20-14-7-12(18)11(16)6-13(14)19-15(20)8-17/h2-4,6-7,9H,5,8H2,1H3. The van der Waals surface area contributed by atoms with Crippen molar-refractivity contribution in [3.63, 3.8) is 0 Å². The molecule has 2 heterocycles. The maximum atomic E-state index is 13.9. The first-order valence-electron chi connectivity index (χ1n) is 6.54. The number of hydrogen-bond acceptors (Lipinski definition) is 2. The molecule has 0 fully saturated rings. The number of halogens is 3. The molecule has 0 saturated carbocycles. The minimum Gasteiger partial charge on any atom is -0.324 e. The van der Waals surface area contributed by atoms with Gasteiger partial charge in [0, 0.05) is 23.4 Å². The largest absolute Gasteiger partial charge is 0.324 e. The van der Waals surface area contributed by atoms with E-state index in [1.54, 1.807) is 17.4 Å². The predicted molar refractivity (Wildman–Crippen MR) is 89.7 cm³/mol. The Morgan fingerprint density at radius 3 is 2.95 bits per heavy atom. The van der Waals surface area contributed by atoms with Crippen LogP contribution in [-0.4, -0.2) is 9.55 Å². The average Bonchev–Trinajstić information content (AvgIpc) is 3.06. The molecule has 3 aromatic rings. The summed E-state index contributed by atoms with van der Waals surface area (Å²) in [4.78, 5) is 5.82. The third-order valence-corrected chi connectivity index (χ3v) is 5.19. The highest BCUT2D eigenvalue weighted by atomic mass is 79.9. The Morgan fingerprint density at radius 2 is 2.29 bits per heavy atom. The second kappa shape index (κ2) is 6.07. The fourth-order valence-corrected chi connectivity index (χ4v) is 3.88. The Balaban J connectivity index is 2.09. The normalized spacial score (nSPS) is 13.0. The fourth-order valence-electron chi connectivity index (χ4n) is 2.54. The summed E-state index contributed by atoms with van der Waals surface area (Å²) >= 11 is 10.9. The number of rotatable bonds is 4. The number of imidazole rings is 1. The van der Waals surface area contributed by atoms with Gasteiger partial charge in [-0.25, -0.2) is 9.37 Å². The van der Waals surface area contributed by atoms with Gasteiger partial charge in [-0.15, -0.1) is 22.9 Å². The van der Waals surface area contributed by atoms with E-state index in [2.05, 4.69) is 39.3 Å². The SMILES string of the molecule is CC(Cc1cccs1)n1c(CCl)nc2cc(Br)c(F)cc21. The van der Waals surface area contributed by atoms with Crippen molar-refractivity contribution >= 4 is 49.9 Å². The van der Waals surface area contributed by atoms with Crippen LogP contribution in [-0.2, 0) is 12.3 Å². The lowest BCUT2D eigenvalue weighted by Gasteiger charge is -2.16. The lowest BCUT2D eigenvalue weighted by Crippen LogP contribution is -2.10. The summed E-state index contributed by atoms with van der Waals surface area (Å²) in [5, 5.41) is 2.06. The van der Waals surface area contributed by atoms with E-state index in [1.807, 2.05) is 10.6 Å². The monoisotopic (exact) mass is 386 g/mol. The van der Waals surface area contributed by atoms with Gasteiger partial charge in [-0.2, -0.15) is 0 Å². The van der Waals surface area contributed by atoms with Crippen LogP contribution < -0.4 is 0 Å². The van der Waals surface area contributed by atoms with Gasteiger partial charge >= 0.3 is 0 Å². The van der Waals surface area contributed by atoms with Gasteiger partial charge in [0.15, 0.2) is 0 Å². The second-order valence-electron chi connectivity index (χ2n) is 4.92. The topological polar surface area (TPSA) is 17.8 Å². The molecular formula is C15H13BrClFN2S. The lowest BCUT2D eigenvalue weighted by molar-refractivity contribution is 0.545. The van der Waals surface area contributed by atoms with E-state index in [1.165, 1.54) is 10.9 Å². The molecule has 0 aliphatic carbocycles. The molecular weight excluding hydrogens is 375 g/mol. The number of thiophene rings is 1. The summed E-state index contributed by atoms with van der Waals surface area (Å²) in [5.41, 5.74) is 1.55. The van der Waals surface area contributed by atoms with Crippen molar-refractivity contribution < 1.29 is 4.39 Å². The third kappa shape index (κ3) is 2.87. The van der Waals surface area contributed by atoms with E-state index in [0.29, 0.717) is 10.4 Å². The van der Waals surface area contributed by atoms with Crippen LogP contribution in [0.2, 0.25) is 0 Å². The van der Waals surface area contributed by atoms with Gasteiger partial charge < -0.3 is 4.57 Å². The minimum absolute atomic E-state index is 0.169. The summed E-state index contributed by atoms with van der Waals surface area (Å²) in [6, 6.07) is 7.54. The Bertz CT molecular complexity index is 770. The van der Waals surface area contributed by atoms with E-state index < -0.39 is 0 Å². The van der Waals surface area contributed by atoms with Gasteiger partial charge in [0.1, 0.15) is 11.6 Å². The maximum Gasteiger partial charge on any atom is 0.139 e. The zero-order valence-electron chi connectivity index (χ0n) is 11.3. The highest BCUT2D eigenvalue weighted by Crippen LogP contribution is 2.29. The van der Waals surface area contributed by atoms with Crippen molar-refractivity contribution in [2.75, 3.05) is 0 Å². The Morgan fingerprint density at radius 1 is 1.48 bits per heavy atom. The molecule has 0 amide bonds. The fraction of sp³-hybridized carbons (Fsp3) is 0.267. The summed E-state index contributed by atoms with van der Waals surface area (Å²) < 4.78 is 16.3. The van der Waals surface area contributed by atoms with Crippen LogP contribution in [0.25, 0.3) is 11.0 Å². The van der Waals surface area contributed by atoms with Gasteiger partial charge in [0.05, 0.1) is 21.4 Å². The molecule has 3 rings (SSSR count). The highest BCUT2D eigenvalue weighted by Gasteiger charge is 2.17. The van der Waals surface area contributed by atoms with Gasteiger partial charge in [0.2, 0.25) is 0 Å². The van der Waals surface area contributed by atoms with Crippen molar-refractivity contribution in [2.24, 2.45) is 0 Å². The van der Waals surface area contributed by atoms with E-state index in [-0.39, 0.29) is 11.9 Å². The van der Waals surface area contributed by atoms with Crippen LogP contribution in [0.15, 0.2) is 34.1 Å². The third-order valence-electron chi connectivity index (χ3n) is 3.44. The Hall–Kier alpha value is -0.910. The van der Waals surface area contributed by atoms with Crippen LogP contribution in [0, 0.1) is 5.82 Å². The van der Waals surface area contributed by atoms with Crippen molar-refractivity contribution in [1.29, 1.82) is 0 Å². The van der Waals surface area contributed by atoms with Gasteiger partial charge in [-0.1, -0.05) is 6.07 Å². The maximum absolute atomic E-state index is 13.9. The molecule has 110 valence electrons. The molecule has 0 bridgehead atoms. The lowest BCUT2D eigenvalue weighted by atomic mass is 10.2. The molecule has 0 radical (unpaired) electrons. The van der Waals surface area contributed by atoms with Crippen molar-refractivity contribution in [1.82, 2.24) is 9.55 Å². The molecule has 0 saturated heterocycles. The second-order valence-corrected chi connectivity index (χ2v) is 7.07. The smallest absolute Gasteiger partial charge is 0.139 e. The van der Waals surface area contributed by atoms with Crippen molar-refractivity contribution in [3.8, 4) is 0 Å². The van der Waals surface area contributed by atoms with E-state index >= 15 is 0 Å². The zero-order valence-corrected chi connectivity index (χ0v) is 14.5. The summed E-state index contributed by atoms with van der Waals surface area (Å²) in [6.07, 6.45) is 0.880. The first kappa shape index (κ1) is 15.0. The molecule has 1 unspecified atom stereocenters. The summed E-state index contributed by atoms with van der Waals surface area (Å²) in [5.74, 6) is 0.796. The predicted octanol–water partition coefficient (Wildman–Crippen LogP) is 5.54. The first-order valence-corrected chi connectivity index (χ1v) is 8.75. The molecule has 0 N–H and O–H groups in total. The van der Waals surface area contributed by atoms with Gasteiger partial charge in [-0.05, 0) is 40.4 Å². The number of hydrogen-bond donors (Lipinski definition) is 0. The van der Waals surface area contributed by atoms with Crippen LogP contribution in [0.5, 0.6) is 0 Å². The van der Waals surface area contributed by atoms with Gasteiger partial charge in [-0.3, -0.25) is 0 Å². The Labute approximate surface area is 139 Å². The summed E-state index contributed by atoms with van der Waals surface area (Å²) in [7, 11) is 0. The molecule has 0 aliphatic rings. The van der Waals surface area contributed by atoms with E-state index in [4.69, 9.17) is 11.6 Å². The molecule has 21 heavy (non-hydrogen) atoms. The van der Waals surface area contributed by atoms with Crippen molar-refractivity contribution in [3.05, 3.63) is 50.6 Å². The quantitative estimate of drug-likeness (QED) is 0.537. The molecule has 1 atom stereocenters. The van der Waals surface area contributed by atoms with Gasteiger partial charge in [0.25, 0.3) is 0 Å². The first-order chi connectivity index (χ1) is 10.1. The number of aromatic nitrogens is 2. The average molecular weight is 388 g/mol. The molecule has 0 spiro atoms. The van der Waals surface area contributed by atoms with Crippen LogP contribution >= 0.6 is 38.9 Å². The van der Waals surface area contributed by atoms with E-state index in [9.17, 15) is 4.39 Å². The minimum atomic E-state index is -0.284.